The quantitative estimate of drug-likeness (QED) is 0.181. The van der Waals surface area contributed by atoms with Crippen LogP contribution in [0.3, 0.4) is 0 Å². The number of hydrogen-bond acceptors (Lipinski definition) is 2. The molecule has 0 radical (unpaired) electrons. The van der Waals surface area contributed by atoms with E-state index in [9.17, 15) is 0 Å². The van der Waals surface area contributed by atoms with Crippen LogP contribution in [-0.4, -0.2) is 4.57 Å². The lowest BCUT2D eigenvalue weighted by atomic mass is 9.98. The number of fused-ring (bicyclic) bond motifs is 7. The van der Waals surface area contributed by atoms with Gasteiger partial charge in [-0.3, -0.25) is 0 Å². The minimum absolute atomic E-state index is 1.12. The van der Waals surface area contributed by atoms with Crippen LogP contribution in [0.4, 0.5) is 17.1 Å². The van der Waals surface area contributed by atoms with Crippen molar-refractivity contribution in [2.75, 3.05) is 4.90 Å². The first-order valence-corrected chi connectivity index (χ1v) is 17.5. The predicted molar refractivity (Wildman–Crippen MR) is 211 cm³/mol. The summed E-state index contributed by atoms with van der Waals surface area (Å²) < 4.78 is 5.00. The van der Waals surface area contributed by atoms with Gasteiger partial charge in [0, 0.05) is 53.7 Å². The highest BCUT2D eigenvalue weighted by Gasteiger charge is 2.19. The average molecular weight is 643 g/mol. The van der Waals surface area contributed by atoms with Crippen LogP contribution in [0.15, 0.2) is 182 Å². The third-order valence-corrected chi connectivity index (χ3v) is 10.9. The molecule has 49 heavy (non-hydrogen) atoms. The van der Waals surface area contributed by atoms with E-state index in [4.69, 9.17) is 0 Å². The Morgan fingerprint density at radius 1 is 0.388 bits per heavy atom. The van der Waals surface area contributed by atoms with Crippen molar-refractivity contribution < 1.29 is 0 Å². The highest BCUT2D eigenvalue weighted by atomic mass is 32.1. The van der Waals surface area contributed by atoms with Gasteiger partial charge in [0.2, 0.25) is 0 Å². The lowest BCUT2D eigenvalue weighted by Gasteiger charge is -2.26. The SMILES string of the molecule is c1ccc(-n2c3ccccc3c3ccc(N(c4ccc(-c5cccc6ccccc56)cc4)c4ccc5c(c4)sc4ccccc45)cc32)cc1. The fourth-order valence-corrected chi connectivity index (χ4v) is 8.66. The summed E-state index contributed by atoms with van der Waals surface area (Å²) in [6.07, 6.45) is 0. The molecule has 0 spiro atoms. The van der Waals surface area contributed by atoms with Crippen molar-refractivity contribution in [1.29, 1.82) is 0 Å². The smallest absolute Gasteiger partial charge is 0.0561 e. The zero-order chi connectivity index (χ0) is 32.3. The highest BCUT2D eigenvalue weighted by molar-refractivity contribution is 7.25. The molecule has 2 heterocycles. The molecule has 2 nitrogen and oxygen atoms in total. The Bertz CT molecular complexity index is 2820. The first kappa shape index (κ1) is 27.9. The van der Waals surface area contributed by atoms with Crippen molar-refractivity contribution >= 4 is 81.1 Å². The van der Waals surface area contributed by atoms with Crippen LogP contribution in [0.25, 0.3) is 69.6 Å². The van der Waals surface area contributed by atoms with E-state index in [1.807, 2.05) is 11.3 Å². The molecule has 10 rings (SSSR count). The van der Waals surface area contributed by atoms with Crippen molar-refractivity contribution in [3.05, 3.63) is 182 Å². The molecule has 8 aromatic carbocycles. The number of nitrogens with zero attached hydrogens (tertiary/aromatic N) is 2. The third-order valence-electron chi connectivity index (χ3n) is 9.78. The Kier molecular flexibility index (Phi) is 6.39. The molecule has 0 unspecified atom stereocenters. The van der Waals surface area contributed by atoms with Gasteiger partial charge in [0.25, 0.3) is 0 Å². The maximum atomic E-state index is 2.41. The van der Waals surface area contributed by atoms with Crippen LogP contribution in [0, 0.1) is 0 Å². The third kappa shape index (κ3) is 4.55. The van der Waals surface area contributed by atoms with Gasteiger partial charge in [0.1, 0.15) is 0 Å². The number of thiophene rings is 1. The largest absolute Gasteiger partial charge is 0.310 e. The summed E-state index contributed by atoms with van der Waals surface area (Å²) in [5.41, 5.74) is 9.37. The second kappa shape index (κ2) is 11.2. The van der Waals surface area contributed by atoms with Crippen molar-refractivity contribution in [1.82, 2.24) is 4.57 Å². The average Bonchev–Trinajstić information content (AvgIpc) is 3.70. The lowest BCUT2D eigenvalue weighted by molar-refractivity contribution is 1.18. The summed E-state index contributed by atoms with van der Waals surface area (Å²) in [5.74, 6) is 0. The summed E-state index contributed by atoms with van der Waals surface area (Å²) >= 11 is 1.86. The molecular formula is C46H30N2S. The predicted octanol–water partition coefficient (Wildman–Crippen LogP) is 13.4. The standard InChI is InChI=1S/C46H30N2S/c1-2-13-33(14-3-1)48-43-19-8-6-16-39(43)40-27-25-35(29-44(40)48)47(36-26-28-42-41-17-7-9-20-45(41)49-46(42)30-36)34-23-21-32(22-24-34)38-18-10-12-31-11-4-5-15-37(31)38/h1-30H. The first-order chi connectivity index (χ1) is 24.3. The fourth-order valence-electron chi connectivity index (χ4n) is 7.52. The lowest BCUT2D eigenvalue weighted by Crippen LogP contribution is -2.10. The van der Waals surface area contributed by atoms with Crippen LogP contribution >= 0.6 is 11.3 Å². The molecule has 0 bridgehead atoms. The van der Waals surface area contributed by atoms with E-state index in [0.717, 1.165) is 22.7 Å². The Labute approximate surface area is 288 Å². The molecule has 0 N–H and O–H groups in total. The number of aromatic nitrogens is 1. The normalized spacial score (nSPS) is 11.7. The van der Waals surface area contributed by atoms with Gasteiger partial charge in [-0.05, 0) is 82.6 Å². The number of hydrogen-bond donors (Lipinski definition) is 0. The summed E-state index contributed by atoms with van der Waals surface area (Å²) in [7, 11) is 0. The molecule has 2 aromatic heterocycles. The summed E-state index contributed by atoms with van der Waals surface area (Å²) in [6.45, 7) is 0. The van der Waals surface area contributed by atoms with E-state index in [-0.39, 0.29) is 0 Å². The number of benzene rings is 8. The molecule has 3 heteroatoms. The van der Waals surface area contributed by atoms with Crippen LogP contribution in [0.2, 0.25) is 0 Å². The summed E-state index contributed by atoms with van der Waals surface area (Å²) in [4.78, 5) is 2.41. The van der Waals surface area contributed by atoms with Gasteiger partial charge in [0.05, 0.1) is 11.0 Å². The van der Waals surface area contributed by atoms with Gasteiger partial charge in [-0.2, -0.15) is 0 Å². The van der Waals surface area contributed by atoms with Crippen LogP contribution < -0.4 is 4.90 Å². The van der Waals surface area contributed by atoms with Gasteiger partial charge in [0.15, 0.2) is 0 Å². The topological polar surface area (TPSA) is 8.17 Å². The second-order valence-electron chi connectivity index (χ2n) is 12.6. The molecular weight excluding hydrogens is 613 g/mol. The molecule has 0 atom stereocenters. The monoisotopic (exact) mass is 642 g/mol. The van der Waals surface area contributed by atoms with Gasteiger partial charge >= 0.3 is 0 Å². The molecule has 0 aliphatic carbocycles. The van der Waals surface area contributed by atoms with E-state index in [2.05, 4.69) is 191 Å². The van der Waals surface area contributed by atoms with Crippen LogP contribution in [0.1, 0.15) is 0 Å². The molecule has 0 saturated heterocycles. The van der Waals surface area contributed by atoms with E-state index < -0.39 is 0 Å². The van der Waals surface area contributed by atoms with Gasteiger partial charge in [-0.15, -0.1) is 11.3 Å². The molecule has 0 amide bonds. The maximum absolute atomic E-state index is 2.41. The van der Waals surface area contributed by atoms with Gasteiger partial charge in [-0.1, -0.05) is 121 Å². The Balaban J connectivity index is 1.18. The molecule has 0 aliphatic heterocycles. The Morgan fingerprint density at radius 2 is 1.00 bits per heavy atom. The molecule has 10 aromatic rings. The highest BCUT2D eigenvalue weighted by Crippen LogP contribution is 2.43. The van der Waals surface area contributed by atoms with Crippen molar-refractivity contribution in [2.24, 2.45) is 0 Å². The van der Waals surface area contributed by atoms with E-state index in [1.54, 1.807) is 0 Å². The minimum atomic E-state index is 1.12. The van der Waals surface area contributed by atoms with Crippen molar-refractivity contribution in [3.63, 3.8) is 0 Å². The zero-order valence-electron chi connectivity index (χ0n) is 26.6. The number of anilines is 3. The first-order valence-electron chi connectivity index (χ1n) is 16.7. The summed E-state index contributed by atoms with van der Waals surface area (Å²) in [5, 5.41) is 7.64. The Morgan fingerprint density at radius 3 is 1.86 bits per heavy atom. The Hall–Kier alpha value is -6.16. The molecule has 0 saturated carbocycles. The summed E-state index contributed by atoms with van der Waals surface area (Å²) in [6, 6.07) is 66.2. The second-order valence-corrected chi connectivity index (χ2v) is 13.7. The van der Waals surface area contributed by atoms with E-state index in [1.165, 1.54) is 63.9 Å². The zero-order valence-corrected chi connectivity index (χ0v) is 27.4. The maximum Gasteiger partial charge on any atom is 0.0561 e. The molecule has 0 fully saturated rings. The fraction of sp³-hybridized carbons (Fsp3) is 0. The number of para-hydroxylation sites is 2. The van der Waals surface area contributed by atoms with Crippen LogP contribution in [0.5, 0.6) is 0 Å². The van der Waals surface area contributed by atoms with E-state index in [0.29, 0.717) is 0 Å². The molecule has 230 valence electrons. The molecule has 0 aliphatic rings. The van der Waals surface area contributed by atoms with Gasteiger partial charge in [-0.25, -0.2) is 0 Å². The van der Waals surface area contributed by atoms with Crippen molar-refractivity contribution in [3.8, 4) is 16.8 Å². The van der Waals surface area contributed by atoms with Gasteiger partial charge < -0.3 is 9.47 Å². The van der Waals surface area contributed by atoms with Crippen molar-refractivity contribution in [2.45, 2.75) is 0 Å². The number of rotatable bonds is 5. The van der Waals surface area contributed by atoms with E-state index >= 15 is 0 Å². The minimum Gasteiger partial charge on any atom is -0.310 e. The van der Waals surface area contributed by atoms with Crippen LogP contribution in [-0.2, 0) is 0 Å².